The van der Waals surface area contributed by atoms with E-state index in [2.05, 4.69) is 32.5 Å². The third-order valence-electron chi connectivity index (χ3n) is 5.15. The first-order chi connectivity index (χ1) is 16.3. The standard InChI is InChI=1S/C25H16N4O4/c1-2-4-19-13-20(10-9-16(19)3-1)30-14-21-11-12-22(32-21)25-27-23(29-33-25)17-5-7-18(8-6-17)24-28-26-15-31-24/h1-13,15H,14H2. The summed E-state index contributed by atoms with van der Waals surface area (Å²) in [5.41, 5.74) is 1.60. The first-order valence-electron chi connectivity index (χ1n) is 10.2. The lowest BCUT2D eigenvalue weighted by molar-refractivity contribution is 0.270. The van der Waals surface area contributed by atoms with Gasteiger partial charge in [0, 0.05) is 11.1 Å². The van der Waals surface area contributed by atoms with Crippen LogP contribution in [0.1, 0.15) is 5.76 Å². The maximum Gasteiger partial charge on any atom is 0.293 e. The summed E-state index contributed by atoms with van der Waals surface area (Å²) in [5.74, 6) is 3.10. The van der Waals surface area contributed by atoms with Crippen LogP contribution in [0, 0.1) is 0 Å². The Morgan fingerprint density at radius 2 is 1.64 bits per heavy atom. The molecule has 33 heavy (non-hydrogen) atoms. The summed E-state index contributed by atoms with van der Waals surface area (Å²) in [6.07, 6.45) is 1.29. The number of rotatable bonds is 6. The predicted molar refractivity (Wildman–Crippen MR) is 119 cm³/mol. The van der Waals surface area contributed by atoms with Gasteiger partial charge in [0.05, 0.1) is 0 Å². The van der Waals surface area contributed by atoms with Crippen molar-refractivity contribution in [2.24, 2.45) is 0 Å². The Bertz CT molecular complexity index is 1520. The third-order valence-corrected chi connectivity index (χ3v) is 5.15. The number of benzene rings is 3. The molecule has 0 fully saturated rings. The van der Waals surface area contributed by atoms with Gasteiger partial charge >= 0.3 is 0 Å². The molecule has 0 amide bonds. The van der Waals surface area contributed by atoms with Gasteiger partial charge in [-0.15, -0.1) is 10.2 Å². The number of fused-ring (bicyclic) bond motifs is 1. The largest absolute Gasteiger partial charge is 0.486 e. The van der Waals surface area contributed by atoms with Crippen molar-refractivity contribution in [2.75, 3.05) is 0 Å². The molecule has 0 saturated carbocycles. The molecule has 3 aromatic heterocycles. The monoisotopic (exact) mass is 436 g/mol. The molecule has 6 aromatic rings. The van der Waals surface area contributed by atoms with E-state index in [1.807, 2.05) is 60.7 Å². The number of nitrogens with zero attached hydrogens (tertiary/aromatic N) is 4. The van der Waals surface area contributed by atoms with Crippen LogP contribution in [0.25, 0.3) is 45.3 Å². The number of hydrogen-bond acceptors (Lipinski definition) is 8. The minimum atomic E-state index is 0.288. The summed E-state index contributed by atoms with van der Waals surface area (Å²) in [6, 6.07) is 25.2. The summed E-state index contributed by atoms with van der Waals surface area (Å²) in [4.78, 5) is 4.45. The Labute approximate surface area is 187 Å². The molecular weight excluding hydrogens is 420 g/mol. The molecule has 3 heterocycles. The van der Waals surface area contributed by atoms with Crippen LogP contribution in [0.3, 0.4) is 0 Å². The Hall–Kier alpha value is -4.72. The minimum absolute atomic E-state index is 0.288. The van der Waals surface area contributed by atoms with E-state index in [0.29, 0.717) is 29.1 Å². The van der Waals surface area contributed by atoms with E-state index in [1.165, 1.54) is 11.8 Å². The smallest absolute Gasteiger partial charge is 0.293 e. The second-order valence-electron chi connectivity index (χ2n) is 7.31. The molecule has 8 heteroatoms. The highest BCUT2D eigenvalue weighted by atomic mass is 16.5. The first-order valence-corrected chi connectivity index (χ1v) is 10.2. The molecule has 0 aliphatic heterocycles. The van der Waals surface area contributed by atoms with Crippen molar-refractivity contribution in [3.8, 4) is 40.2 Å². The van der Waals surface area contributed by atoms with Gasteiger partial charge in [0.15, 0.2) is 5.76 Å². The number of aromatic nitrogens is 4. The van der Waals surface area contributed by atoms with Crippen LogP contribution >= 0.6 is 0 Å². The van der Waals surface area contributed by atoms with E-state index in [9.17, 15) is 0 Å². The highest BCUT2D eigenvalue weighted by molar-refractivity contribution is 5.83. The van der Waals surface area contributed by atoms with Crippen molar-refractivity contribution in [2.45, 2.75) is 6.61 Å². The summed E-state index contributed by atoms with van der Waals surface area (Å²) >= 11 is 0. The van der Waals surface area contributed by atoms with Gasteiger partial charge in [-0.3, -0.25) is 0 Å². The number of hydrogen-bond donors (Lipinski definition) is 0. The Balaban J connectivity index is 1.15. The van der Waals surface area contributed by atoms with Crippen LogP contribution < -0.4 is 4.74 Å². The van der Waals surface area contributed by atoms with Gasteiger partial charge in [-0.1, -0.05) is 47.6 Å². The quantitative estimate of drug-likeness (QED) is 0.324. The zero-order valence-corrected chi connectivity index (χ0v) is 17.2. The fourth-order valence-electron chi connectivity index (χ4n) is 3.48. The maximum atomic E-state index is 5.89. The second-order valence-corrected chi connectivity index (χ2v) is 7.31. The number of furan rings is 1. The summed E-state index contributed by atoms with van der Waals surface area (Å²) in [5, 5.41) is 13.9. The lowest BCUT2D eigenvalue weighted by Gasteiger charge is -2.05. The van der Waals surface area contributed by atoms with Crippen LogP contribution in [-0.4, -0.2) is 20.3 Å². The normalized spacial score (nSPS) is 11.2. The van der Waals surface area contributed by atoms with Crippen molar-refractivity contribution < 1.29 is 18.1 Å². The molecule has 0 radical (unpaired) electrons. The highest BCUT2D eigenvalue weighted by Gasteiger charge is 2.15. The van der Waals surface area contributed by atoms with Crippen LogP contribution in [0.4, 0.5) is 0 Å². The van der Waals surface area contributed by atoms with Crippen LogP contribution in [0.5, 0.6) is 5.75 Å². The van der Waals surface area contributed by atoms with Crippen LogP contribution in [-0.2, 0) is 6.61 Å². The van der Waals surface area contributed by atoms with E-state index in [0.717, 1.165) is 22.3 Å². The molecule has 160 valence electrons. The molecule has 8 nitrogen and oxygen atoms in total. The lowest BCUT2D eigenvalue weighted by atomic mass is 10.1. The molecule has 0 aliphatic rings. The average Bonchev–Trinajstić information content (AvgIpc) is 3.64. The third kappa shape index (κ3) is 3.85. The van der Waals surface area contributed by atoms with Crippen molar-refractivity contribution in [3.63, 3.8) is 0 Å². The molecule has 0 bridgehead atoms. The van der Waals surface area contributed by atoms with E-state index >= 15 is 0 Å². The zero-order valence-electron chi connectivity index (χ0n) is 17.2. The van der Waals surface area contributed by atoms with Gasteiger partial charge in [-0.05, 0) is 47.2 Å². The fraction of sp³-hybridized carbons (Fsp3) is 0.0400. The van der Waals surface area contributed by atoms with Gasteiger partial charge in [-0.25, -0.2) is 0 Å². The maximum absolute atomic E-state index is 5.89. The molecule has 3 aromatic carbocycles. The van der Waals surface area contributed by atoms with Gasteiger partial charge in [0.1, 0.15) is 18.1 Å². The SMILES string of the molecule is c1ccc2cc(OCc3ccc(-c4nc(-c5ccc(-c6nnco6)cc5)no4)o3)ccc2c1. The summed E-state index contributed by atoms with van der Waals surface area (Å²) < 4.78 is 22.3. The van der Waals surface area contributed by atoms with Crippen molar-refractivity contribution >= 4 is 10.8 Å². The molecule has 6 rings (SSSR count). The second kappa shape index (κ2) is 8.08. The Morgan fingerprint density at radius 3 is 2.48 bits per heavy atom. The van der Waals surface area contributed by atoms with Crippen LogP contribution in [0.15, 0.2) is 98.6 Å². The molecule has 0 aliphatic carbocycles. The van der Waals surface area contributed by atoms with Gasteiger partial charge < -0.3 is 18.1 Å². The summed E-state index contributed by atoms with van der Waals surface area (Å²) in [7, 11) is 0. The molecule has 0 saturated heterocycles. The first kappa shape index (κ1) is 19.0. The predicted octanol–water partition coefficient (Wildman–Crippen LogP) is 5.78. The van der Waals surface area contributed by atoms with E-state index in [-0.39, 0.29) is 6.61 Å². The topological polar surface area (TPSA) is 100 Å². The van der Waals surface area contributed by atoms with Crippen molar-refractivity contribution in [1.29, 1.82) is 0 Å². The fourth-order valence-corrected chi connectivity index (χ4v) is 3.48. The van der Waals surface area contributed by atoms with Crippen LogP contribution in [0.2, 0.25) is 0 Å². The van der Waals surface area contributed by atoms with Gasteiger partial charge in [0.2, 0.25) is 18.1 Å². The van der Waals surface area contributed by atoms with Crippen molar-refractivity contribution in [3.05, 3.63) is 91.0 Å². The van der Waals surface area contributed by atoms with Crippen molar-refractivity contribution in [1.82, 2.24) is 20.3 Å². The molecule has 0 atom stereocenters. The zero-order chi connectivity index (χ0) is 22.0. The Morgan fingerprint density at radius 1 is 0.788 bits per heavy atom. The van der Waals surface area contributed by atoms with E-state index < -0.39 is 0 Å². The Kier molecular flexibility index (Phi) is 4.65. The molecule has 0 unspecified atom stereocenters. The molecule has 0 spiro atoms. The van der Waals surface area contributed by atoms with Gasteiger partial charge in [0.25, 0.3) is 5.89 Å². The molecular formula is C25H16N4O4. The highest BCUT2D eigenvalue weighted by Crippen LogP contribution is 2.27. The average molecular weight is 436 g/mol. The van der Waals surface area contributed by atoms with E-state index in [1.54, 1.807) is 6.07 Å². The lowest BCUT2D eigenvalue weighted by Crippen LogP contribution is -1.93. The minimum Gasteiger partial charge on any atom is -0.486 e. The number of ether oxygens (including phenoxy) is 1. The molecule has 0 N–H and O–H groups in total. The van der Waals surface area contributed by atoms with Gasteiger partial charge in [-0.2, -0.15) is 4.98 Å². The van der Waals surface area contributed by atoms with E-state index in [4.69, 9.17) is 18.1 Å². The summed E-state index contributed by atoms with van der Waals surface area (Å²) in [6.45, 7) is 0.288.